The largest absolute Gasteiger partial charge is 0.370 e. The molecule has 1 N–H and O–H groups in total. The Hall–Kier alpha value is -1.90. The lowest BCUT2D eigenvalue weighted by Crippen LogP contribution is -2.04. The molecule has 1 heterocycles. The molecule has 0 atom stereocenters. The van der Waals surface area contributed by atoms with Gasteiger partial charge in [-0.3, -0.25) is 0 Å². The van der Waals surface area contributed by atoms with E-state index in [1.165, 1.54) is 5.56 Å². The molecule has 0 saturated carbocycles. The molecule has 1 aromatic heterocycles. The van der Waals surface area contributed by atoms with Gasteiger partial charge in [-0.1, -0.05) is 38.1 Å². The predicted octanol–water partition coefficient (Wildman–Crippen LogP) is 4.09. The quantitative estimate of drug-likeness (QED) is 0.858. The molecule has 3 heteroatoms. The highest BCUT2D eigenvalue weighted by Gasteiger charge is 2.06. The lowest BCUT2D eigenvalue weighted by atomic mass is 10.1. The average Bonchev–Trinajstić information content (AvgIpc) is 2.48. The Morgan fingerprint density at radius 3 is 2.35 bits per heavy atom. The number of anilines is 1. The minimum absolute atomic E-state index is 0.872. The predicted molar refractivity (Wildman–Crippen MR) is 85.0 cm³/mol. The van der Waals surface area contributed by atoms with Crippen molar-refractivity contribution in [2.75, 3.05) is 11.9 Å². The van der Waals surface area contributed by atoms with Crippen LogP contribution in [0.2, 0.25) is 0 Å². The molecule has 2 rings (SSSR count). The minimum atomic E-state index is 0.872. The van der Waals surface area contributed by atoms with E-state index in [4.69, 9.17) is 0 Å². The fraction of sp³-hybridized carbons (Fsp3) is 0.412. The number of rotatable bonds is 6. The number of aryl methyl sites for hydroxylation is 2. The van der Waals surface area contributed by atoms with Crippen LogP contribution >= 0.6 is 0 Å². The van der Waals surface area contributed by atoms with Crippen LogP contribution in [0.5, 0.6) is 0 Å². The summed E-state index contributed by atoms with van der Waals surface area (Å²) >= 11 is 0. The molecule has 0 aliphatic rings. The van der Waals surface area contributed by atoms with Crippen molar-refractivity contribution in [3.05, 3.63) is 41.7 Å². The van der Waals surface area contributed by atoms with E-state index < -0.39 is 0 Å². The van der Waals surface area contributed by atoms with Gasteiger partial charge in [0, 0.05) is 24.6 Å². The standard InChI is InChI=1S/C17H23N3/c1-4-7-16-19-15(12-17(20-16)18-6-3)14-10-8-13(5-2)9-11-14/h8-12H,4-7H2,1-3H3,(H,18,19,20). The second-order valence-corrected chi connectivity index (χ2v) is 4.89. The van der Waals surface area contributed by atoms with E-state index in [1.54, 1.807) is 0 Å². The summed E-state index contributed by atoms with van der Waals surface area (Å²) in [5.74, 6) is 1.83. The summed E-state index contributed by atoms with van der Waals surface area (Å²) in [6, 6.07) is 10.7. The van der Waals surface area contributed by atoms with Crippen molar-refractivity contribution in [3.8, 4) is 11.3 Å². The zero-order chi connectivity index (χ0) is 14.4. The normalized spacial score (nSPS) is 10.6. The molecule has 0 spiro atoms. The molecule has 0 radical (unpaired) electrons. The molecule has 2 aromatic rings. The molecule has 0 unspecified atom stereocenters. The van der Waals surface area contributed by atoms with Gasteiger partial charge < -0.3 is 5.32 Å². The third-order valence-corrected chi connectivity index (χ3v) is 3.26. The summed E-state index contributed by atoms with van der Waals surface area (Å²) in [6.07, 6.45) is 3.04. The molecule has 3 nitrogen and oxygen atoms in total. The minimum Gasteiger partial charge on any atom is -0.370 e. The van der Waals surface area contributed by atoms with Gasteiger partial charge in [0.25, 0.3) is 0 Å². The lowest BCUT2D eigenvalue weighted by molar-refractivity contribution is 0.836. The van der Waals surface area contributed by atoms with Crippen LogP contribution in [0.3, 0.4) is 0 Å². The Morgan fingerprint density at radius 2 is 1.75 bits per heavy atom. The topological polar surface area (TPSA) is 37.8 Å². The van der Waals surface area contributed by atoms with E-state index in [-0.39, 0.29) is 0 Å². The van der Waals surface area contributed by atoms with Crippen molar-refractivity contribution < 1.29 is 0 Å². The Labute approximate surface area is 121 Å². The van der Waals surface area contributed by atoms with Gasteiger partial charge in [-0.2, -0.15) is 0 Å². The zero-order valence-corrected chi connectivity index (χ0v) is 12.6. The Balaban J connectivity index is 2.37. The number of benzene rings is 1. The van der Waals surface area contributed by atoms with E-state index >= 15 is 0 Å². The van der Waals surface area contributed by atoms with Gasteiger partial charge >= 0.3 is 0 Å². The van der Waals surface area contributed by atoms with Gasteiger partial charge in [-0.15, -0.1) is 0 Å². The van der Waals surface area contributed by atoms with Gasteiger partial charge in [0.15, 0.2) is 0 Å². The molecule has 0 aliphatic heterocycles. The first-order valence-electron chi connectivity index (χ1n) is 7.48. The third kappa shape index (κ3) is 3.56. The van der Waals surface area contributed by atoms with Gasteiger partial charge in [0.1, 0.15) is 11.6 Å². The van der Waals surface area contributed by atoms with E-state index in [1.807, 2.05) is 6.07 Å². The Bertz CT molecular complexity index is 522. The van der Waals surface area contributed by atoms with Crippen LogP contribution in [0.25, 0.3) is 11.3 Å². The molecule has 0 bridgehead atoms. The van der Waals surface area contributed by atoms with Crippen molar-refractivity contribution >= 4 is 5.82 Å². The van der Waals surface area contributed by atoms with Crippen molar-refractivity contribution in [1.82, 2.24) is 9.97 Å². The highest BCUT2D eigenvalue weighted by atomic mass is 15.0. The van der Waals surface area contributed by atoms with Crippen LogP contribution in [0.15, 0.2) is 30.3 Å². The summed E-state index contributed by atoms with van der Waals surface area (Å²) < 4.78 is 0. The highest BCUT2D eigenvalue weighted by molar-refractivity contribution is 5.62. The fourth-order valence-corrected chi connectivity index (χ4v) is 2.16. The van der Waals surface area contributed by atoms with Crippen molar-refractivity contribution in [2.24, 2.45) is 0 Å². The molecule has 0 fully saturated rings. The Kier molecular flexibility index (Phi) is 5.10. The molecular weight excluding hydrogens is 246 g/mol. The van der Waals surface area contributed by atoms with E-state index in [0.29, 0.717) is 0 Å². The molecule has 1 aromatic carbocycles. The zero-order valence-electron chi connectivity index (χ0n) is 12.6. The van der Waals surface area contributed by atoms with Gasteiger partial charge in [0.05, 0.1) is 5.69 Å². The van der Waals surface area contributed by atoms with Crippen LogP contribution in [0.1, 0.15) is 38.6 Å². The van der Waals surface area contributed by atoms with Crippen LogP contribution < -0.4 is 5.32 Å². The fourth-order valence-electron chi connectivity index (χ4n) is 2.16. The summed E-state index contributed by atoms with van der Waals surface area (Å²) in [6.45, 7) is 7.27. The highest BCUT2D eigenvalue weighted by Crippen LogP contribution is 2.21. The average molecular weight is 269 g/mol. The van der Waals surface area contributed by atoms with Crippen LogP contribution in [0, 0.1) is 0 Å². The van der Waals surface area contributed by atoms with Crippen molar-refractivity contribution in [3.63, 3.8) is 0 Å². The number of aromatic nitrogens is 2. The second kappa shape index (κ2) is 7.04. The molecule has 0 amide bonds. The van der Waals surface area contributed by atoms with Gasteiger partial charge in [-0.25, -0.2) is 9.97 Å². The van der Waals surface area contributed by atoms with Gasteiger partial charge in [0.2, 0.25) is 0 Å². The Morgan fingerprint density at radius 1 is 1.00 bits per heavy atom. The number of nitrogens with one attached hydrogen (secondary N) is 1. The number of hydrogen-bond acceptors (Lipinski definition) is 3. The summed E-state index contributed by atoms with van der Waals surface area (Å²) in [5, 5.41) is 3.29. The number of hydrogen-bond donors (Lipinski definition) is 1. The molecule has 0 aliphatic carbocycles. The molecule has 0 saturated heterocycles. The lowest BCUT2D eigenvalue weighted by Gasteiger charge is -2.09. The summed E-state index contributed by atoms with van der Waals surface area (Å²) in [4.78, 5) is 9.23. The maximum atomic E-state index is 4.68. The van der Waals surface area contributed by atoms with E-state index in [0.717, 1.165) is 48.7 Å². The maximum absolute atomic E-state index is 4.68. The van der Waals surface area contributed by atoms with Crippen molar-refractivity contribution in [2.45, 2.75) is 40.0 Å². The second-order valence-electron chi connectivity index (χ2n) is 4.89. The first-order chi connectivity index (χ1) is 9.76. The molecule has 20 heavy (non-hydrogen) atoms. The molecular formula is C17H23N3. The van der Waals surface area contributed by atoms with Gasteiger partial charge in [-0.05, 0) is 25.3 Å². The van der Waals surface area contributed by atoms with Crippen LogP contribution in [0.4, 0.5) is 5.82 Å². The summed E-state index contributed by atoms with van der Waals surface area (Å²) in [7, 11) is 0. The van der Waals surface area contributed by atoms with Crippen LogP contribution in [-0.4, -0.2) is 16.5 Å². The monoisotopic (exact) mass is 269 g/mol. The summed E-state index contributed by atoms with van der Waals surface area (Å²) in [5.41, 5.74) is 3.51. The number of nitrogens with zero attached hydrogens (tertiary/aromatic N) is 2. The molecule has 106 valence electrons. The smallest absolute Gasteiger partial charge is 0.131 e. The van der Waals surface area contributed by atoms with Crippen molar-refractivity contribution in [1.29, 1.82) is 0 Å². The third-order valence-electron chi connectivity index (χ3n) is 3.26. The van der Waals surface area contributed by atoms with E-state index in [2.05, 4.69) is 60.3 Å². The maximum Gasteiger partial charge on any atom is 0.131 e. The first kappa shape index (κ1) is 14.5. The SMILES string of the molecule is CCCc1nc(NCC)cc(-c2ccc(CC)cc2)n1. The first-order valence-corrected chi connectivity index (χ1v) is 7.48. The van der Waals surface area contributed by atoms with E-state index in [9.17, 15) is 0 Å². The van der Waals surface area contributed by atoms with Crippen LogP contribution in [-0.2, 0) is 12.8 Å².